The van der Waals surface area contributed by atoms with E-state index >= 15 is 0 Å². The number of rotatable bonds is 3. The van der Waals surface area contributed by atoms with Gasteiger partial charge in [-0.2, -0.15) is 9.49 Å². The van der Waals surface area contributed by atoms with Gasteiger partial charge in [0, 0.05) is 18.3 Å². The average Bonchev–Trinajstić information content (AvgIpc) is 3.01. The number of nitrogens with zero attached hydrogens (tertiary/aromatic N) is 4. The van der Waals surface area contributed by atoms with Crippen molar-refractivity contribution in [2.24, 2.45) is 0 Å². The number of aromatic nitrogens is 4. The first-order chi connectivity index (χ1) is 10.5. The number of anilines is 1. The van der Waals surface area contributed by atoms with Crippen LogP contribution in [0.2, 0.25) is 5.02 Å². The van der Waals surface area contributed by atoms with Crippen LogP contribution < -0.4 is 5.32 Å². The van der Waals surface area contributed by atoms with Crippen LogP contribution in [0.3, 0.4) is 0 Å². The van der Waals surface area contributed by atoms with Gasteiger partial charge in [0.2, 0.25) is 5.95 Å². The molecule has 0 aliphatic carbocycles. The maximum absolute atomic E-state index is 14.3. The molecule has 3 aromatic heterocycles. The van der Waals surface area contributed by atoms with Gasteiger partial charge < -0.3 is 5.32 Å². The number of halogens is 2. The van der Waals surface area contributed by atoms with Crippen molar-refractivity contribution in [2.75, 3.05) is 5.32 Å². The predicted octanol–water partition coefficient (Wildman–Crippen LogP) is 2.90. The van der Waals surface area contributed by atoms with Gasteiger partial charge in [-0.15, -0.1) is 0 Å². The van der Waals surface area contributed by atoms with E-state index in [4.69, 9.17) is 11.6 Å². The lowest BCUT2D eigenvalue weighted by Gasteiger charge is -2.07. The quantitative estimate of drug-likeness (QED) is 0.806. The Kier molecular flexibility index (Phi) is 3.58. The monoisotopic (exact) mass is 321 g/mol. The highest BCUT2D eigenvalue weighted by Crippen LogP contribution is 2.18. The van der Waals surface area contributed by atoms with E-state index in [0.29, 0.717) is 23.0 Å². The van der Waals surface area contributed by atoms with Crippen molar-refractivity contribution < 1.29 is 9.18 Å². The number of carbonyl (C=O) groups excluding carboxylic acids is 1. The van der Waals surface area contributed by atoms with Gasteiger partial charge in [0.25, 0.3) is 5.91 Å². The lowest BCUT2D eigenvalue weighted by molar-refractivity contribution is 0.101. The van der Waals surface area contributed by atoms with Crippen LogP contribution in [-0.2, 0) is 6.54 Å². The summed E-state index contributed by atoms with van der Waals surface area (Å²) in [6, 6.07) is 3.13. The summed E-state index contributed by atoms with van der Waals surface area (Å²) in [4.78, 5) is 16.3. The Bertz CT molecular complexity index is 870. The maximum Gasteiger partial charge on any atom is 0.280 e. The largest absolute Gasteiger partial charge is 0.305 e. The fourth-order valence-corrected chi connectivity index (χ4v) is 2.34. The Morgan fingerprint density at radius 1 is 1.45 bits per heavy atom. The molecule has 0 aromatic carbocycles. The lowest BCUT2D eigenvalue weighted by Crippen LogP contribution is -2.18. The highest BCUT2D eigenvalue weighted by atomic mass is 35.5. The molecule has 0 atom stereocenters. The first-order valence-electron chi connectivity index (χ1n) is 6.68. The van der Waals surface area contributed by atoms with Gasteiger partial charge in [0.1, 0.15) is 11.5 Å². The second-order valence-electron chi connectivity index (χ2n) is 4.77. The molecule has 0 radical (unpaired) electrons. The van der Waals surface area contributed by atoms with Crippen molar-refractivity contribution in [1.82, 2.24) is 19.2 Å². The summed E-state index contributed by atoms with van der Waals surface area (Å²) in [7, 11) is 0. The van der Waals surface area contributed by atoms with E-state index in [1.54, 1.807) is 23.0 Å². The number of imidazole rings is 1. The maximum atomic E-state index is 14.3. The van der Waals surface area contributed by atoms with Crippen molar-refractivity contribution in [2.45, 2.75) is 20.4 Å². The molecule has 0 saturated carbocycles. The Labute approximate surface area is 130 Å². The Morgan fingerprint density at radius 3 is 2.95 bits per heavy atom. The number of amides is 1. The van der Waals surface area contributed by atoms with E-state index in [0.717, 1.165) is 9.96 Å². The molecule has 3 heterocycles. The average molecular weight is 322 g/mol. The number of hydrogen-bond acceptors (Lipinski definition) is 3. The van der Waals surface area contributed by atoms with Gasteiger partial charge in [-0.1, -0.05) is 11.6 Å². The van der Waals surface area contributed by atoms with E-state index in [1.807, 2.05) is 13.8 Å². The molecule has 6 nitrogen and oxygen atoms in total. The molecule has 1 N–H and O–H groups in total. The van der Waals surface area contributed by atoms with E-state index in [1.165, 1.54) is 6.20 Å². The molecule has 3 rings (SSSR count). The molecular weight excluding hydrogens is 309 g/mol. The number of carbonyl (C=O) groups is 1. The van der Waals surface area contributed by atoms with Gasteiger partial charge in [-0.25, -0.2) is 9.67 Å². The zero-order chi connectivity index (χ0) is 15.9. The van der Waals surface area contributed by atoms with Crippen molar-refractivity contribution >= 4 is 29.0 Å². The van der Waals surface area contributed by atoms with Crippen LogP contribution in [0.4, 0.5) is 10.2 Å². The first kappa shape index (κ1) is 14.5. The van der Waals surface area contributed by atoms with Crippen LogP contribution >= 0.6 is 11.6 Å². The topological polar surface area (TPSA) is 64.2 Å². The van der Waals surface area contributed by atoms with E-state index in [2.05, 4.69) is 15.4 Å². The van der Waals surface area contributed by atoms with E-state index < -0.39 is 11.9 Å². The molecule has 0 fully saturated rings. The van der Waals surface area contributed by atoms with E-state index in [9.17, 15) is 9.18 Å². The number of pyridine rings is 1. The molecule has 0 bridgehead atoms. The van der Waals surface area contributed by atoms with Crippen LogP contribution in [0.5, 0.6) is 0 Å². The van der Waals surface area contributed by atoms with Crippen molar-refractivity contribution in [1.29, 1.82) is 0 Å². The summed E-state index contributed by atoms with van der Waals surface area (Å²) in [5.74, 6) is -0.854. The standard InChI is InChI=1S/C14H13ClFN5O/c1-3-21-13(8(2)6-17-21)19-14(22)11-12(16)20-7-9(15)4-5-10(20)18-11/h4-7H,3H2,1-2H3,(H,19,22). The second-order valence-corrected chi connectivity index (χ2v) is 5.21. The Hall–Kier alpha value is -2.41. The lowest BCUT2D eigenvalue weighted by atomic mass is 10.3. The van der Waals surface area contributed by atoms with E-state index in [-0.39, 0.29) is 5.69 Å². The summed E-state index contributed by atoms with van der Waals surface area (Å²) < 4.78 is 17.1. The van der Waals surface area contributed by atoms with Crippen LogP contribution in [-0.4, -0.2) is 25.1 Å². The predicted molar refractivity (Wildman–Crippen MR) is 80.8 cm³/mol. The molecule has 0 spiro atoms. The highest BCUT2D eigenvalue weighted by Gasteiger charge is 2.21. The number of aryl methyl sites for hydroxylation is 2. The fourth-order valence-electron chi connectivity index (χ4n) is 2.18. The molecule has 8 heteroatoms. The van der Waals surface area contributed by atoms with Crippen LogP contribution in [0.15, 0.2) is 24.5 Å². The van der Waals surface area contributed by atoms with Gasteiger partial charge in [0.05, 0.1) is 11.2 Å². The third-order valence-corrected chi connectivity index (χ3v) is 3.52. The summed E-state index contributed by atoms with van der Waals surface area (Å²) in [6.07, 6.45) is 3.01. The van der Waals surface area contributed by atoms with Crippen LogP contribution in [0, 0.1) is 12.9 Å². The summed E-state index contributed by atoms with van der Waals surface area (Å²) >= 11 is 5.83. The molecule has 114 valence electrons. The molecule has 22 heavy (non-hydrogen) atoms. The molecule has 1 amide bonds. The molecule has 0 unspecified atom stereocenters. The first-order valence-corrected chi connectivity index (χ1v) is 7.06. The SMILES string of the molecule is CCn1ncc(C)c1NC(=O)c1nc2ccc(Cl)cn2c1F. The third kappa shape index (κ3) is 2.33. The smallest absolute Gasteiger partial charge is 0.280 e. The number of fused-ring (bicyclic) bond motifs is 1. The minimum absolute atomic E-state index is 0.287. The normalized spacial score (nSPS) is 11.1. The van der Waals surface area contributed by atoms with Crippen molar-refractivity contribution in [3.05, 3.63) is 46.8 Å². The Balaban J connectivity index is 1.99. The summed E-state index contributed by atoms with van der Waals surface area (Å²) in [5, 5.41) is 7.14. The summed E-state index contributed by atoms with van der Waals surface area (Å²) in [5.41, 5.74) is 0.820. The van der Waals surface area contributed by atoms with Crippen LogP contribution in [0.25, 0.3) is 5.65 Å². The van der Waals surface area contributed by atoms with Crippen molar-refractivity contribution in [3.8, 4) is 0 Å². The Morgan fingerprint density at radius 2 is 2.23 bits per heavy atom. The van der Waals surface area contributed by atoms with Crippen molar-refractivity contribution in [3.63, 3.8) is 0 Å². The second kappa shape index (κ2) is 5.42. The molecule has 0 saturated heterocycles. The molecule has 0 aliphatic rings. The molecule has 3 aromatic rings. The third-order valence-electron chi connectivity index (χ3n) is 3.29. The molecule has 0 aliphatic heterocycles. The zero-order valence-corrected chi connectivity index (χ0v) is 12.7. The summed E-state index contributed by atoms with van der Waals surface area (Å²) in [6.45, 7) is 4.30. The van der Waals surface area contributed by atoms with Crippen LogP contribution in [0.1, 0.15) is 23.0 Å². The van der Waals surface area contributed by atoms with Gasteiger partial charge in [-0.3, -0.25) is 9.20 Å². The minimum Gasteiger partial charge on any atom is -0.305 e. The fraction of sp³-hybridized carbons (Fsp3) is 0.214. The van der Waals surface area contributed by atoms with Gasteiger partial charge >= 0.3 is 0 Å². The zero-order valence-electron chi connectivity index (χ0n) is 12.0. The number of hydrogen-bond donors (Lipinski definition) is 1. The molecular formula is C14H13ClFN5O. The number of nitrogens with one attached hydrogen (secondary N) is 1. The van der Waals surface area contributed by atoms with Gasteiger partial charge in [-0.05, 0) is 26.0 Å². The highest BCUT2D eigenvalue weighted by molar-refractivity contribution is 6.30. The van der Waals surface area contributed by atoms with Gasteiger partial charge in [0.15, 0.2) is 5.69 Å². The minimum atomic E-state index is -0.754.